The van der Waals surface area contributed by atoms with Crippen LogP contribution in [-0.2, 0) is 4.79 Å². The number of carboxylic acid groups (broad SMARTS) is 1. The maximum atomic E-state index is 12.7. The van der Waals surface area contributed by atoms with Crippen LogP contribution in [0.4, 0.5) is 0 Å². The fourth-order valence-electron chi connectivity index (χ4n) is 3.25. The first kappa shape index (κ1) is 14.6. The van der Waals surface area contributed by atoms with E-state index >= 15 is 0 Å². The molecule has 1 saturated heterocycles. The van der Waals surface area contributed by atoms with Gasteiger partial charge in [0.05, 0.1) is 5.92 Å². The van der Waals surface area contributed by atoms with Gasteiger partial charge >= 0.3 is 5.97 Å². The number of nitrogens with zero attached hydrogens (tertiary/aromatic N) is 1. The van der Waals surface area contributed by atoms with Crippen molar-refractivity contribution >= 4 is 27.8 Å². The van der Waals surface area contributed by atoms with Gasteiger partial charge < -0.3 is 10.0 Å². The predicted octanol–water partition coefficient (Wildman–Crippen LogP) is 2.94. The Kier molecular flexibility index (Phi) is 3.78. The molecule has 1 amide bonds. The number of hydrogen-bond donors (Lipinski definition) is 1. The van der Waals surface area contributed by atoms with Gasteiger partial charge in [-0.15, -0.1) is 0 Å². The molecule has 0 bridgehead atoms. The Bertz CT molecular complexity index is 597. The largest absolute Gasteiger partial charge is 0.481 e. The molecule has 2 fully saturated rings. The second-order valence-electron chi connectivity index (χ2n) is 6.12. The lowest BCUT2D eigenvalue weighted by molar-refractivity contribution is -0.142. The Balaban J connectivity index is 1.82. The van der Waals surface area contributed by atoms with Gasteiger partial charge in [0, 0.05) is 23.1 Å². The van der Waals surface area contributed by atoms with Crippen molar-refractivity contribution in [2.75, 3.05) is 13.1 Å². The van der Waals surface area contributed by atoms with E-state index in [-0.39, 0.29) is 11.8 Å². The van der Waals surface area contributed by atoms with Crippen molar-refractivity contribution in [2.45, 2.75) is 19.8 Å². The first-order valence-electron chi connectivity index (χ1n) is 7.25. The van der Waals surface area contributed by atoms with E-state index < -0.39 is 11.9 Å². The molecule has 0 unspecified atom stereocenters. The van der Waals surface area contributed by atoms with Crippen molar-refractivity contribution < 1.29 is 14.7 Å². The molecule has 5 heteroatoms. The van der Waals surface area contributed by atoms with Crippen LogP contribution in [0.2, 0.25) is 0 Å². The highest BCUT2D eigenvalue weighted by molar-refractivity contribution is 9.10. The Morgan fingerprint density at radius 3 is 2.62 bits per heavy atom. The second-order valence-corrected chi connectivity index (χ2v) is 7.03. The summed E-state index contributed by atoms with van der Waals surface area (Å²) in [5, 5.41) is 9.38. The summed E-state index contributed by atoms with van der Waals surface area (Å²) in [6, 6.07) is 5.63. The Hall–Kier alpha value is -1.36. The molecule has 2 aliphatic rings. The SMILES string of the molecule is Cc1ccc(Br)cc1C(=O)N1C[C@H](C(=O)O)[C@@H](C2CC2)C1. The third-order valence-electron chi connectivity index (χ3n) is 4.63. The van der Waals surface area contributed by atoms with E-state index in [0.29, 0.717) is 24.6 Å². The Morgan fingerprint density at radius 2 is 2.00 bits per heavy atom. The summed E-state index contributed by atoms with van der Waals surface area (Å²) in [6.07, 6.45) is 2.21. The van der Waals surface area contributed by atoms with Crippen LogP contribution in [0.5, 0.6) is 0 Å². The lowest BCUT2D eigenvalue weighted by atomic mass is 9.92. The highest BCUT2D eigenvalue weighted by Gasteiger charge is 2.47. The van der Waals surface area contributed by atoms with Crippen LogP contribution in [0.25, 0.3) is 0 Å². The van der Waals surface area contributed by atoms with Crippen molar-refractivity contribution in [2.24, 2.45) is 17.8 Å². The molecular weight excluding hydrogens is 334 g/mol. The lowest BCUT2D eigenvalue weighted by Gasteiger charge is -2.18. The van der Waals surface area contributed by atoms with Crippen LogP contribution >= 0.6 is 15.9 Å². The molecule has 0 spiro atoms. The van der Waals surface area contributed by atoms with Gasteiger partial charge in [-0.1, -0.05) is 22.0 Å². The minimum Gasteiger partial charge on any atom is -0.481 e. The highest BCUT2D eigenvalue weighted by Crippen LogP contribution is 2.44. The molecule has 0 radical (unpaired) electrons. The number of carboxylic acids is 1. The molecule has 1 aliphatic heterocycles. The molecule has 0 aromatic heterocycles. The van der Waals surface area contributed by atoms with Crippen molar-refractivity contribution in [1.29, 1.82) is 0 Å². The molecular formula is C16H18BrNO3. The maximum absolute atomic E-state index is 12.7. The maximum Gasteiger partial charge on any atom is 0.308 e. The third-order valence-corrected chi connectivity index (χ3v) is 5.12. The van der Waals surface area contributed by atoms with Crippen molar-refractivity contribution in [3.8, 4) is 0 Å². The second kappa shape index (κ2) is 5.44. The number of halogens is 1. The monoisotopic (exact) mass is 351 g/mol. The van der Waals surface area contributed by atoms with Gasteiger partial charge in [0.1, 0.15) is 0 Å². The number of likely N-dealkylation sites (tertiary alicyclic amines) is 1. The number of benzene rings is 1. The summed E-state index contributed by atoms with van der Waals surface area (Å²) in [6.45, 7) is 2.82. The zero-order valence-corrected chi connectivity index (χ0v) is 13.5. The van der Waals surface area contributed by atoms with Gasteiger partial charge in [-0.3, -0.25) is 9.59 Å². The van der Waals surface area contributed by atoms with E-state index in [0.717, 1.165) is 22.9 Å². The first-order chi connectivity index (χ1) is 9.97. The molecule has 1 aromatic rings. The van der Waals surface area contributed by atoms with Gasteiger partial charge in [0.15, 0.2) is 0 Å². The summed E-state index contributed by atoms with van der Waals surface area (Å²) < 4.78 is 0.865. The average molecular weight is 352 g/mol. The number of carbonyl (C=O) groups is 2. The fourth-order valence-corrected chi connectivity index (χ4v) is 3.61. The molecule has 21 heavy (non-hydrogen) atoms. The van der Waals surface area contributed by atoms with E-state index in [1.807, 2.05) is 25.1 Å². The van der Waals surface area contributed by atoms with Crippen molar-refractivity contribution in [1.82, 2.24) is 4.90 Å². The lowest BCUT2D eigenvalue weighted by Crippen LogP contribution is -2.30. The number of carbonyl (C=O) groups excluding carboxylic acids is 1. The van der Waals surface area contributed by atoms with Gasteiger partial charge in [0.25, 0.3) is 5.91 Å². The molecule has 112 valence electrons. The van der Waals surface area contributed by atoms with E-state index in [1.54, 1.807) is 4.90 Å². The smallest absolute Gasteiger partial charge is 0.308 e. The first-order valence-corrected chi connectivity index (χ1v) is 8.05. The summed E-state index contributed by atoms with van der Waals surface area (Å²) >= 11 is 3.39. The number of amides is 1. The molecule has 3 rings (SSSR count). The van der Waals surface area contributed by atoms with Gasteiger partial charge in [-0.05, 0) is 49.3 Å². The molecule has 1 aromatic carbocycles. The van der Waals surface area contributed by atoms with Gasteiger partial charge in [-0.2, -0.15) is 0 Å². The molecule has 1 saturated carbocycles. The standard InChI is InChI=1S/C16H18BrNO3/c1-9-2-5-11(17)6-12(9)15(19)18-7-13(10-3-4-10)14(8-18)16(20)21/h2,5-6,10,13-14H,3-4,7-8H2,1H3,(H,20,21)/t13-,14+/m1/s1. The van der Waals surface area contributed by atoms with Crippen LogP contribution in [0.1, 0.15) is 28.8 Å². The fraction of sp³-hybridized carbons (Fsp3) is 0.500. The van der Waals surface area contributed by atoms with Gasteiger partial charge in [-0.25, -0.2) is 0 Å². The number of aliphatic carboxylic acids is 1. The van der Waals surface area contributed by atoms with E-state index in [4.69, 9.17) is 0 Å². The van der Waals surface area contributed by atoms with Crippen LogP contribution in [0.3, 0.4) is 0 Å². The zero-order valence-electron chi connectivity index (χ0n) is 11.9. The van der Waals surface area contributed by atoms with Gasteiger partial charge in [0.2, 0.25) is 0 Å². The van der Waals surface area contributed by atoms with Crippen LogP contribution < -0.4 is 0 Å². The summed E-state index contributed by atoms with van der Waals surface area (Å²) in [7, 11) is 0. The Morgan fingerprint density at radius 1 is 1.29 bits per heavy atom. The molecule has 1 N–H and O–H groups in total. The average Bonchev–Trinajstić information content (AvgIpc) is 3.19. The number of hydrogen-bond acceptors (Lipinski definition) is 2. The zero-order chi connectivity index (χ0) is 15.1. The minimum atomic E-state index is -0.770. The van der Waals surface area contributed by atoms with Crippen LogP contribution in [0, 0.1) is 24.7 Å². The van der Waals surface area contributed by atoms with Crippen molar-refractivity contribution in [3.05, 3.63) is 33.8 Å². The number of rotatable bonds is 3. The Labute approximate surface area is 132 Å². The predicted molar refractivity (Wildman–Crippen MR) is 82.1 cm³/mol. The molecule has 2 atom stereocenters. The minimum absolute atomic E-state index is 0.0526. The van der Waals surface area contributed by atoms with E-state index in [1.165, 1.54) is 0 Å². The molecule has 4 nitrogen and oxygen atoms in total. The number of aryl methyl sites for hydroxylation is 1. The quantitative estimate of drug-likeness (QED) is 0.910. The molecule has 1 heterocycles. The van der Waals surface area contributed by atoms with Crippen LogP contribution in [-0.4, -0.2) is 35.0 Å². The normalized spacial score (nSPS) is 25.1. The van der Waals surface area contributed by atoms with Crippen LogP contribution in [0.15, 0.2) is 22.7 Å². The van der Waals surface area contributed by atoms with Crippen molar-refractivity contribution in [3.63, 3.8) is 0 Å². The topological polar surface area (TPSA) is 57.6 Å². The summed E-state index contributed by atoms with van der Waals surface area (Å²) in [5.74, 6) is -0.614. The summed E-state index contributed by atoms with van der Waals surface area (Å²) in [5.41, 5.74) is 1.58. The summed E-state index contributed by atoms with van der Waals surface area (Å²) in [4.78, 5) is 25.8. The van der Waals surface area contributed by atoms with E-state index in [2.05, 4.69) is 15.9 Å². The highest BCUT2D eigenvalue weighted by atomic mass is 79.9. The molecule has 1 aliphatic carbocycles. The third kappa shape index (κ3) is 2.84. The van der Waals surface area contributed by atoms with E-state index in [9.17, 15) is 14.7 Å².